The van der Waals surface area contributed by atoms with Crippen LogP contribution in [0.2, 0.25) is 0 Å². The van der Waals surface area contributed by atoms with Gasteiger partial charge < -0.3 is 10.4 Å². The zero-order valence-corrected chi connectivity index (χ0v) is 10.4. The van der Waals surface area contributed by atoms with Crippen molar-refractivity contribution in [3.05, 3.63) is 48.2 Å². The summed E-state index contributed by atoms with van der Waals surface area (Å²) in [5.74, 6) is 1.96. The fourth-order valence-corrected chi connectivity index (χ4v) is 2.28. The van der Waals surface area contributed by atoms with E-state index in [0.717, 1.165) is 22.2 Å². The Morgan fingerprint density at radius 2 is 2.06 bits per heavy atom. The number of anilines is 1. The van der Waals surface area contributed by atoms with Crippen LogP contribution in [0, 0.1) is 0 Å². The fourth-order valence-electron chi connectivity index (χ4n) is 1.43. The average Bonchev–Trinajstić information content (AvgIpc) is 2.37. The fraction of sp³-hybridized carbons (Fsp3) is 0.154. The molecule has 0 radical (unpaired) electrons. The highest BCUT2D eigenvalue weighted by Gasteiger charge is 1.99. The van der Waals surface area contributed by atoms with Gasteiger partial charge in [-0.25, -0.2) is 4.98 Å². The molecule has 0 bridgehead atoms. The van der Waals surface area contributed by atoms with Gasteiger partial charge in [-0.3, -0.25) is 0 Å². The number of phenols is 1. The molecule has 0 aliphatic heterocycles. The first kappa shape index (κ1) is 11.8. The average molecular weight is 246 g/mol. The summed E-state index contributed by atoms with van der Waals surface area (Å²) in [6.45, 7) is 0. The monoisotopic (exact) mass is 246 g/mol. The van der Waals surface area contributed by atoms with E-state index in [1.165, 1.54) is 0 Å². The number of hydrogen-bond acceptors (Lipinski definition) is 4. The second kappa shape index (κ2) is 5.59. The first-order valence-electron chi connectivity index (χ1n) is 5.33. The van der Waals surface area contributed by atoms with Crippen LogP contribution in [0.1, 0.15) is 5.69 Å². The number of phenolic OH excluding ortho intramolecular Hbond substituents is 1. The molecule has 0 atom stereocenters. The normalized spacial score (nSPS) is 10.2. The van der Waals surface area contributed by atoms with Crippen molar-refractivity contribution in [2.75, 3.05) is 12.4 Å². The van der Waals surface area contributed by atoms with Gasteiger partial charge in [-0.1, -0.05) is 12.1 Å². The third-order valence-corrected chi connectivity index (χ3v) is 3.29. The van der Waals surface area contributed by atoms with E-state index in [1.807, 2.05) is 37.4 Å². The van der Waals surface area contributed by atoms with E-state index in [4.69, 9.17) is 0 Å². The van der Waals surface area contributed by atoms with Gasteiger partial charge in [0.05, 0.1) is 5.69 Å². The van der Waals surface area contributed by atoms with E-state index < -0.39 is 0 Å². The van der Waals surface area contributed by atoms with Crippen LogP contribution in [0.4, 0.5) is 5.82 Å². The molecule has 2 rings (SSSR count). The molecule has 1 heterocycles. The molecule has 0 unspecified atom stereocenters. The van der Waals surface area contributed by atoms with Gasteiger partial charge in [-0.2, -0.15) is 0 Å². The van der Waals surface area contributed by atoms with Gasteiger partial charge in [0.1, 0.15) is 11.6 Å². The van der Waals surface area contributed by atoms with Gasteiger partial charge in [-0.15, -0.1) is 11.8 Å². The van der Waals surface area contributed by atoms with Gasteiger partial charge in [0.2, 0.25) is 0 Å². The molecular formula is C13H14N2OS. The summed E-state index contributed by atoms with van der Waals surface area (Å²) < 4.78 is 0. The van der Waals surface area contributed by atoms with Crippen LogP contribution in [0.5, 0.6) is 5.75 Å². The van der Waals surface area contributed by atoms with E-state index in [1.54, 1.807) is 23.9 Å². The molecule has 0 aliphatic rings. The van der Waals surface area contributed by atoms with E-state index in [9.17, 15) is 5.11 Å². The summed E-state index contributed by atoms with van der Waals surface area (Å²) in [6, 6.07) is 13.2. The van der Waals surface area contributed by atoms with E-state index in [0.29, 0.717) is 5.75 Å². The quantitative estimate of drug-likeness (QED) is 0.814. The lowest BCUT2D eigenvalue weighted by Gasteiger charge is -2.04. The van der Waals surface area contributed by atoms with Gasteiger partial charge in [0.15, 0.2) is 0 Å². The van der Waals surface area contributed by atoms with Crippen molar-refractivity contribution < 1.29 is 5.11 Å². The number of pyridine rings is 1. The first-order valence-corrected chi connectivity index (χ1v) is 6.32. The number of aromatic nitrogens is 1. The Bertz CT molecular complexity index is 502. The van der Waals surface area contributed by atoms with Gasteiger partial charge in [0, 0.05) is 17.7 Å². The molecule has 1 aromatic heterocycles. The highest BCUT2D eigenvalue weighted by atomic mass is 32.2. The standard InChI is InChI=1S/C13H14N2OS/c1-14-13-7-2-4-10(15-13)9-17-12-6-3-5-11(16)8-12/h2-8,16H,9H2,1H3,(H,14,15). The molecule has 0 amide bonds. The Hall–Kier alpha value is -1.68. The van der Waals surface area contributed by atoms with Gasteiger partial charge in [0.25, 0.3) is 0 Å². The lowest BCUT2D eigenvalue weighted by molar-refractivity contribution is 0.474. The van der Waals surface area contributed by atoms with Crippen molar-refractivity contribution in [2.24, 2.45) is 0 Å². The van der Waals surface area contributed by atoms with Gasteiger partial charge in [-0.05, 0) is 30.3 Å². The molecule has 4 heteroatoms. The van der Waals surface area contributed by atoms with Crippen LogP contribution in [-0.2, 0) is 5.75 Å². The largest absolute Gasteiger partial charge is 0.508 e. The summed E-state index contributed by atoms with van der Waals surface area (Å²) in [7, 11) is 1.86. The minimum absolute atomic E-state index is 0.298. The van der Waals surface area contributed by atoms with Crippen LogP contribution >= 0.6 is 11.8 Å². The maximum atomic E-state index is 9.35. The Morgan fingerprint density at radius 3 is 2.82 bits per heavy atom. The maximum absolute atomic E-state index is 9.35. The Labute approximate surface area is 105 Å². The molecule has 2 N–H and O–H groups in total. The summed E-state index contributed by atoms with van der Waals surface area (Å²) in [5.41, 5.74) is 1.02. The third-order valence-electron chi connectivity index (χ3n) is 2.27. The number of hydrogen-bond donors (Lipinski definition) is 2. The zero-order valence-electron chi connectivity index (χ0n) is 9.55. The van der Waals surface area contributed by atoms with E-state index in [2.05, 4.69) is 10.3 Å². The number of nitrogens with one attached hydrogen (secondary N) is 1. The van der Waals surface area contributed by atoms with E-state index >= 15 is 0 Å². The lowest BCUT2D eigenvalue weighted by atomic mass is 10.3. The molecule has 0 fully saturated rings. The number of thioether (sulfide) groups is 1. The van der Waals surface area contributed by atoms with Crippen molar-refractivity contribution in [1.29, 1.82) is 0 Å². The minimum Gasteiger partial charge on any atom is -0.508 e. The molecule has 1 aromatic carbocycles. The van der Waals surface area contributed by atoms with Crippen molar-refractivity contribution in [2.45, 2.75) is 10.6 Å². The first-order chi connectivity index (χ1) is 8.28. The maximum Gasteiger partial charge on any atom is 0.125 e. The summed E-state index contributed by atoms with van der Waals surface area (Å²) in [6.07, 6.45) is 0. The van der Waals surface area contributed by atoms with Crippen LogP contribution < -0.4 is 5.32 Å². The predicted molar refractivity (Wildman–Crippen MR) is 71.5 cm³/mol. The second-order valence-electron chi connectivity index (χ2n) is 3.55. The Balaban J connectivity index is 2.02. The predicted octanol–water partition coefficient (Wildman–Crippen LogP) is 3.12. The molecule has 17 heavy (non-hydrogen) atoms. The van der Waals surface area contributed by atoms with E-state index in [-0.39, 0.29) is 0 Å². The molecule has 0 spiro atoms. The number of nitrogens with zero attached hydrogens (tertiary/aromatic N) is 1. The van der Waals surface area contributed by atoms with Crippen LogP contribution in [0.3, 0.4) is 0 Å². The number of aromatic hydroxyl groups is 1. The Kier molecular flexibility index (Phi) is 3.88. The summed E-state index contributed by atoms with van der Waals surface area (Å²) in [5, 5.41) is 12.4. The SMILES string of the molecule is CNc1cccc(CSc2cccc(O)c2)n1. The second-order valence-corrected chi connectivity index (χ2v) is 4.60. The highest BCUT2D eigenvalue weighted by molar-refractivity contribution is 7.98. The topological polar surface area (TPSA) is 45.1 Å². The van der Waals surface area contributed by atoms with Crippen molar-refractivity contribution in [1.82, 2.24) is 4.98 Å². The molecule has 2 aromatic rings. The number of rotatable bonds is 4. The minimum atomic E-state index is 0.298. The van der Waals surface area contributed by atoms with Crippen molar-refractivity contribution in [3.8, 4) is 5.75 Å². The molecular weight excluding hydrogens is 232 g/mol. The number of benzene rings is 1. The molecule has 88 valence electrons. The highest BCUT2D eigenvalue weighted by Crippen LogP contribution is 2.25. The lowest BCUT2D eigenvalue weighted by Crippen LogP contribution is -1.94. The van der Waals surface area contributed by atoms with Crippen molar-refractivity contribution in [3.63, 3.8) is 0 Å². The molecule has 0 saturated carbocycles. The molecule has 3 nitrogen and oxygen atoms in total. The van der Waals surface area contributed by atoms with Crippen molar-refractivity contribution >= 4 is 17.6 Å². The van der Waals surface area contributed by atoms with Gasteiger partial charge >= 0.3 is 0 Å². The zero-order chi connectivity index (χ0) is 12.1. The molecule has 0 saturated heterocycles. The Morgan fingerprint density at radius 1 is 1.24 bits per heavy atom. The van der Waals surface area contributed by atoms with Crippen LogP contribution in [0.25, 0.3) is 0 Å². The smallest absolute Gasteiger partial charge is 0.125 e. The molecule has 0 aliphatic carbocycles. The third kappa shape index (κ3) is 3.39. The summed E-state index contributed by atoms with van der Waals surface area (Å²) >= 11 is 1.66. The van der Waals surface area contributed by atoms with Crippen LogP contribution in [0.15, 0.2) is 47.4 Å². The summed E-state index contributed by atoms with van der Waals surface area (Å²) in [4.78, 5) is 5.48. The van der Waals surface area contributed by atoms with Crippen LogP contribution in [-0.4, -0.2) is 17.1 Å².